The van der Waals surface area contributed by atoms with Gasteiger partial charge in [-0.1, -0.05) is 40.7 Å². The molecular weight excluding hydrogens is 460 g/mol. The number of aryl methyl sites for hydroxylation is 1. The van der Waals surface area contributed by atoms with E-state index in [1.54, 1.807) is 12.4 Å². The Balaban J connectivity index is 1.59. The molecule has 0 saturated heterocycles. The molecule has 1 saturated carbocycles. The molecule has 1 aliphatic rings. The van der Waals surface area contributed by atoms with Crippen LogP contribution in [0.4, 0.5) is 11.6 Å². The number of carbonyl (C=O) groups is 1. The predicted octanol–water partition coefficient (Wildman–Crippen LogP) is 6.05. The van der Waals surface area contributed by atoms with E-state index >= 15 is 0 Å². The monoisotopic (exact) mass is 494 g/mol. The van der Waals surface area contributed by atoms with Gasteiger partial charge in [-0.15, -0.1) is 11.3 Å². The highest BCUT2D eigenvalue weighted by molar-refractivity contribution is 7.15. The molecule has 1 aliphatic carbocycles. The number of nitrogens with one attached hydrogen (secondary N) is 1. The molecule has 0 aliphatic heterocycles. The summed E-state index contributed by atoms with van der Waals surface area (Å²) < 4.78 is 0. The summed E-state index contributed by atoms with van der Waals surface area (Å²) in [6.45, 7) is 12.2. The lowest BCUT2D eigenvalue weighted by atomic mass is 9.63. The third-order valence-corrected chi connectivity index (χ3v) is 8.02. The maximum absolute atomic E-state index is 11.7. The van der Waals surface area contributed by atoms with Crippen LogP contribution in [0.15, 0.2) is 36.7 Å². The summed E-state index contributed by atoms with van der Waals surface area (Å²) in [5.74, 6) is -0.717. The maximum Gasteiger partial charge on any atom is 0.307 e. The third kappa shape index (κ3) is 5.38. The molecule has 8 heteroatoms. The summed E-state index contributed by atoms with van der Waals surface area (Å²) in [6.07, 6.45) is 4.75. The SMILES string of the molecule is Cc1cc(Nc2nccc(C(C)(C)C)n2)cc(-c2cnc(C3(O)CCC(C(=O)O)C(C)(C)C3)s2)c1. The largest absolute Gasteiger partial charge is 0.481 e. The van der Waals surface area contributed by atoms with Crippen molar-refractivity contribution >= 4 is 28.9 Å². The Bertz CT molecular complexity index is 1250. The van der Waals surface area contributed by atoms with Gasteiger partial charge in [0.2, 0.25) is 5.95 Å². The van der Waals surface area contributed by atoms with Gasteiger partial charge in [0.1, 0.15) is 10.6 Å². The van der Waals surface area contributed by atoms with Crippen LogP contribution in [-0.4, -0.2) is 31.1 Å². The van der Waals surface area contributed by atoms with E-state index < -0.39 is 22.9 Å². The Morgan fingerprint density at radius 1 is 1.20 bits per heavy atom. The number of carboxylic acid groups (broad SMARTS) is 1. The number of benzene rings is 1. The van der Waals surface area contributed by atoms with Crippen LogP contribution in [0.2, 0.25) is 0 Å². The highest BCUT2D eigenvalue weighted by Gasteiger charge is 2.49. The Hall–Kier alpha value is -2.84. The van der Waals surface area contributed by atoms with Crippen molar-refractivity contribution in [1.82, 2.24) is 15.0 Å². The minimum absolute atomic E-state index is 0.0748. The number of anilines is 2. The lowest BCUT2D eigenvalue weighted by Crippen LogP contribution is -2.44. The number of carboxylic acids is 1. The van der Waals surface area contributed by atoms with E-state index in [2.05, 4.69) is 47.1 Å². The van der Waals surface area contributed by atoms with Gasteiger partial charge < -0.3 is 15.5 Å². The van der Waals surface area contributed by atoms with E-state index in [4.69, 9.17) is 0 Å². The summed E-state index contributed by atoms with van der Waals surface area (Å²) in [6, 6.07) is 8.10. The smallest absolute Gasteiger partial charge is 0.307 e. The molecule has 4 rings (SSSR count). The predicted molar refractivity (Wildman–Crippen MR) is 139 cm³/mol. The zero-order chi connectivity index (χ0) is 25.6. The van der Waals surface area contributed by atoms with E-state index in [1.807, 2.05) is 39.0 Å². The van der Waals surface area contributed by atoms with Gasteiger partial charge >= 0.3 is 5.97 Å². The fourth-order valence-electron chi connectivity index (χ4n) is 4.97. The van der Waals surface area contributed by atoms with Gasteiger partial charge in [0, 0.05) is 23.5 Å². The highest BCUT2D eigenvalue weighted by atomic mass is 32.1. The minimum Gasteiger partial charge on any atom is -0.481 e. The topological polar surface area (TPSA) is 108 Å². The van der Waals surface area contributed by atoms with E-state index in [-0.39, 0.29) is 5.41 Å². The molecule has 186 valence electrons. The lowest BCUT2D eigenvalue weighted by molar-refractivity contribution is -0.154. The van der Waals surface area contributed by atoms with E-state index in [0.717, 1.165) is 27.4 Å². The number of nitrogens with zero attached hydrogens (tertiary/aromatic N) is 3. The molecule has 3 aromatic rings. The Kier molecular flexibility index (Phi) is 6.49. The molecule has 2 aromatic heterocycles. The molecule has 1 aromatic carbocycles. The van der Waals surface area contributed by atoms with Crippen molar-refractivity contribution in [3.63, 3.8) is 0 Å². The van der Waals surface area contributed by atoms with Gasteiger partial charge in [0.25, 0.3) is 0 Å². The molecule has 3 N–H and O–H groups in total. The van der Waals surface area contributed by atoms with Crippen LogP contribution in [-0.2, 0) is 15.8 Å². The summed E-state index contributed by atoms with van der Waals surface area (Å²) >= 11 is 1.46. The second-order valence-corrected chi connectivity index (χ2v) is 12.4. The Labute approximate surface area is 210 Å². The second-order valence-electron chi connectivity index (χ2n) is 11.4. The van der Waals surface area contributed by atoms with Gasteiger partial charge in [0.05, 0.1) is 16.5 Å². The van der Waals surface area contributed by atoms with Crippen molar-refractivity contribution in [2.24, 2.45) is 11.3 Å². The zero-order valence-corrected chi connectivity index (χ0v) is 22.0. The number of rotatable bonds is 5. The first-order valence-corrected chi connectivity index (χ1v) is 12.7. The molecule has 0 bridgehead atoms. The zero-order valence-electron chi connectivity index (χ0n) is 21.2. The quantitative estimate of drug-likeness (QED) is 0.396. The Morgan fingerprint density at radius 3 is 2.60 bits per heavy atom. The van der Waals surface area contributed by atoms with Gasteiger partial charge in [-0.3, -0.25) is 4.79 Å². The minimum atomic E-state index is -1.12. The normalized spacial score (nSPS) is 22.1. The fourth-order valence-corrected chi connectivity index (χ4v) is 5.98. The van der Waals surface area contributed by atoms with Crippen LogP contribution >= 0.6 is 11.3 Å². The molecule has 2 heterocycles. The van der Waals surface area contributed by atoms with Crippen LogP contribution in [0.3, 0.4) is 0 Å². The van der Waals surface area contributed by atoms with Crippen LogP contribution in [0.5, 0.6) is 0 Å². The number of aliphatic carboxylic acids is 1. The molecule has 7 nitrogen and oxygen atoms in total. The van der Waals surface area contributed by atoms with Crippen molar-refractivity contribution in [2.45, 2.75) is 71.8 Å². The molecule has 2 unspecified atom stereocenters. The second kappa shape index (κ2) is 8.99. The van der Waals surface area contributed by atoms with Crippen LogP contribution < -0.4 is 5.32 Å². The van der Waals surface area contributed by atoms with Gasteiger partial charge in [-0.05, 0) is 60.9 Å². The highest BCUT2D eigenvalue weighted by Crippen LogP contribution is 2.50. The first kappa shape index (κ1) is 25.3. The number of hydrogen-bond donors (Lipinski definition) is 3. The first-order valence-electron chi connectivity index (χ1n) is 11.9. The van der Waals surface area contributed by atoms with Crippen molar-refractivity contribution in [2.75, 3.05) is 5.32 Å². The average molecular weight is 495 g/mol. The maximum atomic E-state index is 11.7. The number of hydrogen-bond acceptors (Lipinski definition) is 7. The number of thiazole rings is 1. The summed E-state index contributed by atoms with van der Waals surface area (Å²) in [4.78, 5) is 26.2. The molecule has 35 heavy (non-hydrogen) atoms. The third-order valence-electron chi connectivity index (χ3n) is 6.78. The Morgan fingerprint density at radius 2 is 1.94 bits per heavy atom. The average Bonchev–Trinajstić information content (AvgIpc) is 3.23. The number of aliphatic hydroxyl groups is 1. The van der Waals surface area contributed by atoms with Gasteiger partial charge in [-0.2, -0.15) is 0 Å². The van der Waals surface area contributed by atoms with E-state index in [1.165, 1.54) is 11.3 Å². The van der Waals surface area contributed by atoms with Crippen molar-refractivity contribution in [1.29, 1.82) is 0 Å². The van der Waals surface area contributed by atoms with Crippen LogP contribution in [0, 0.1) is 18.3 Å². The van der Waals surface area contributed by atoms with Gasteiger partial charge in [0.15, 0.2) is 0 Å². The lowest BCUT2D eigenvalue weighted by Gasteiger charge is -2.44. The molecule has 0 spiro atoms. The van der Waals surface area contributed by atoms with Crippen molar-refractivity contribution in [3.05, 3.63) is 52.9 Å². The van der Waals surface area contributed by atoms with Crippen molar-refractivity contribution in [3.8, 4) is 10.4 Å². The molecule has 1 fully saturated rings. The molecule has 0 radical (unpaired) electrons. The van der Waals surface area contributed by atoms with Crippen LogP contribution in [0.1, 0.15) is 70.1 Å². The van der Waals surface area contributed by atoms with Crippen molar-refractivity contribution < 1.29 is 15.0 Å². The first-order chi connectivity index (χ1) is 16.3. The molecule has 0 amide bonds. The number of aromatic nitrogens is 3. The van der Waals surface area contributed by atoms with Gasteiger partial charge in [-0.25, -0.2) is 15.0 Å². The fraction of sp³-hybridized carbons (Fsp3) is 0.481. The summed E-state index contributed by atoms with van der Waals surface area (Å²) in [5, 5.41) is 25.0. The van der Waals surface area contributed by atoms with E-state index in [9.17, 15) is 15.0 Å². The standard InChI is InChI=1S/C27H34N4O3S/c1-16-11-17(13-18(12-16)30-24-28-10-8-21(31-24)25(2,3)4)20-14-29-23(35-20)27(34)9-7-19(22(32)33)26(5,6)15-27/h8,10-14,19,34H,7,9,15H2,1-6H3,(H,32,33)(H,28,30,31). The summed E-state index contributed by atoms with van der Waals surface area (Å²) in [5.41, 5.74) is 2.19. The van der Waals surface area contributed by atoms with Crippen LogP contribution in [0.25, 0.3) is 10.4 Å². The molecule has 2 atom stereocenters. The summed E-state index contributed by atoms with van der Waals surface area (Å²) in [7, 11) is 0. The molecular formula is C27H34N4O3S. The van der Waals surface area contributed by atoms with E-state index in [0.29, 0.717) is 30.2 Å².